The molecule has 0 radical (unpaired) electrons. The van der Waals surface area contributed by atoms with Gasteiger partial charge in [0.1, 0.15) is 16.9 Å². The van der Waals surface area contributed by atoms with Gasteiger partial charge in [-0.1, -0.05) is 18.2 Å². The third-order valence-corrected chi connectivity index (χ3v) is 4.86. The SMILES string of the molecule is COc1cc2c(cc1NC(=O)c1cc([N+](=O)[O-])ccc1N(C)C)oc1ccccc12. The summed E-state index contributed by atoms with van der Waals surface area (Å²) in [6.45, 7) is 0. The maximum absolute atomic E-state index is 13.0. The normalized spacial score (nSPS) is 10.9. The van der Waals surface area contributed by atoms with Gasteiger partial charge in [-0.15, -0.1) is 0 Å². The molecular formula is C22H19N3O5. The molecule has 152 valence electrons. The van der Waals surface area contributed by atoms with E-state index in [0.717, 1.165) is 16.4 Å². The molecule has 0 fully saturated rings. The van der Waals surface area contributed by atoms with Crippen molar-refractivity contribution < 1.29 is 18.9 Å². The van der Waals surface area contributed by atoms with Crippen molar-refractivity contribution in [2.75, 3.05) is 31.4 Å². The molecule has 8 nitrogen and oxygen atoms in total. The van der Waals surface area contributed by atoms with E-state index in [4.69, 9.17) is 9.15 Å². The Labute approximate surface area is 171 Å². The van der Waals surface area contributed by atoms with E-state index in [2.05, 4.69) is 5.32 Å². The van der Waals surface area contributed by atoms with Gasteiger partial charge >= 0.3 is 0 Å². The van der Waals surface area contributed by atoms with Crippen LogP contribution in [0.25, 0.3) is 21.9 Å². The Morgan fingerprint density at radius 2 is 1.83 bits per heavy atom. The Bertz CT molecular complexity index is 1290. The number of nitrogens with one attached hydrogen (secondary N) is 1. The van der Waals surface area contributed by atoms with Gasteiger partial charge in [0.15, 0.2) is 0 Å². The fourth-order valence-electron chi connectivity index (χ4n) is 3.42. The van der Waals surface area contributed by atoms with Crippen molar-refractivity contribution in [1.29, 1.82) is 0 Å². The zero-order valence-corrected chi connectivity index (χ0v) is 16.6. The van der Waals surface area contributed by atoms with Crippen LogP contribution in [0.4, 0.5) is 17.1 Å². The summed E-state index contributed by atoms with van der Waals surface area (Å²) >= 11 is 0. The highest BCUT2D eigenvalue weighted by Gasteiger charge is 2.20. The second-order valence-corrected chi connectivity index (χ2v) is 6.95. The highest BCUT2D eigenvalue weighted by atomic mass is 16.6. The maximum Gasteiger partial charge on any atom is 0.270 e. The summed E-state index contributed by atoms with van der Waals surface area (Å²) in [6, 6.07) is 15.3. The van der Waals surface area contributed by atoms with E-state index < -0.39 is 10.8 Å². The largest absolute Gasteiger partial charge is 0.495 e. The average Bonchev–Trinajstić information content (AvgIpc) is 3.09. The molecule has 4 aromatic rings. The minimum Gasteiger partial charge on any atom is -0.495 e. The molecular weight excluding hydrogens is 386 g/mol. The topological polar surface area (TPSA) is 97.8 Å². The lowest BCUT2D eigenvalue weighted by Gasteiger charge is -2.17. The lowest BCUT2D eigenvalue weighted by atomic mass is 10.1. The molecule has 1 aromatic heterocycles. The standard InChI is InChI=1S/C22H19N3O5/c1-24(2)18-9-8-13(25(27)28)10-16(18)22(26)23-17-12-20-15(11-21(17)29-3)14-6-4-5-7-19(14)30-20/h4-12H,1-3H3,(H,23,26). The number of anilines is 2. The third kappa shape index (κ3) is 3.28. The number of carbonyl (C=O) groups excluding carboxylic acids is 1. The Morgan fingerprint density at radius 1 is 1.07 bits per heavy atom. The van der Waals surface area contributed by atoms with Gasteiger partial charge in [-0.3, -0.25) is 14.9 Å². The lowest BCUT2D eigenvalue weighted by Crippen LogP contribution is -2.19. The Kier molecular flexibility index (Phi) is 4.75. The molecule has 0 unspecified atom stereocenters. The van der Waals surface area contributed by atoms with E-state index in [9.17, 15) is 14.9 Å². The fourth-order valence-corrected chi connectivity index (χ4v) is 3.42. The molecule has 0 atom stereocenters. The lowest BCUT2D eigenvalue weighted by molar-refractivity contribution is -0.384. The number of ether oxygens (including phenoxy) is 1. The Hall–Kier alpha value is -4.07. The van der Waals surface area contributed by atoms with Crippen molar-refractivity contribution in [2.24, 2.45) is 0 Å². The first-order valence-corrected chi connectivity index (χ1v) is 9.15. The number of nitro benzene ring substituents is 1. The number of amides is 1. The van der Waals surface area contributed by atoms with Gasteiger partial charge in [-0.05, 0) is 18.2 Å². The van der Waals surface area contributed by atoms with Gasteiger partial charge < -0.3 is 19.4 Å². The number of methoxy groups -OCH3 is 1. The minimum absolute atomic E-state index is 0.162. The number of nitro groups is 1. The monoisotopic (exact) mass is 405 g/mol. The molecule has 3 aromatic carbocycles. The number of hydrogen-bond acceptors (Lipinski definition) is 6. The van der Waals surface area contributed by atoms with Crippen LogP contribution in [0.5, 0.6) is 5.75 Å². The number of nitrogens with zero attached hydrogens (tertiary/aromatic N) is 2. The van der Waals surface area contributed by atoms with Gasteiger partial charge in [0.25, 0.3) is 11.6 Å². The molecule has 8 heteroatoms. The summed E-state index contributed by atoms with van der Waals surface area (Å²) in [5, 5.41) is 15.8. The number of non-ortho nitro benzene ring substituents is 1. The van der Waals surface area contributed by atoms with Crippen LogP contribution >= 0.6 is 0 Å². The number of rotatable bonds is 5. The van der Waals surface area contributed by atoms with Crippen molar-refractivity contribution in [2.45, 2.75) is 0 Å². The number of para-hydroxylation sites is 1. The number of fused-ring (bicyclic) bond motifs is 3. The number of furan rings is 1. The van der Waals surface area contributed by atoms with Gasteiger partial charge in [-0.2, -0.15) is 0 Å². The van der Waals surface area contributed by atoms with Crippen LogP contribution < -0.4 is 15.0 Å². The molecule has 0 aliphatic carbocycles. The molecule has 0 bridgehead atoms. The van der Waals surface area contributed by atoms with Crippen LogP contribution in [0.2, 0.25) is 0 Å². The van der Waals surface area contributed by atoms with E-state index in [1.807, 2.05) is 24.3 Å². The van der Waals surface area contributed by atoms with Crippen LogP contribution in [0.15, 0.2) is 59.0 Å². The van der Waals surface area contributed by atoms with Crippen LogP contribution in [0.1, 0.15) is 10.4 Å². The highest BCUT2D eigenvalue weighted by molar-refractivity contribution is 6.12. The molecule has 0 aliphatic rings. The first-order valence-electron chi connectivity index (χ1n) is 9.15. The highest BCUT2D eigenvalue weighted by Crippen LogP contribution is 2.37. The number of benzene rings is 3. The average molecular weight is 405 g/mol. The van der Waals surface area contributed by atoms with Gasteiger partial charge in [-0.25, -0.2) is 0 Å². The molecule has 30 heavy (non-hydrogen) atoms. The summed E-state index contributed by atoms with van der Waals surface area (Å²) in [4.78, 5) is 25.4. The predicted octanol–water partition coefficient (Wildman–Crippen LogP) is 4.82. The smallest absolute Gasteiger partial charge is 0.270 e. The Morgan fingerprint density at radius 3 is 2.53 bits per heavy atom. The summed E-state index contributed by atoms with van der Waals surface area (Å²) in [6.07, 6.45) is 0. The predicted molar refractivity (Wildman–Crippen MR) is 116 cm³/mol. The zero-order chi connectivity index (χ0) is 21.4. The van der Waals surface area contributed by atoms with Gasteiger partial charge in [0.2, 0.25) is 0 Å². The van der Waals surface area contributed by atoms with E-state index in [1.165, 1.54) is 19.2 Å². The van der Waals surface area contributed by atoms with E-state index in [1.54, 1.807) is 37.2 Å². The minimum atomic E-state index is -0.530. The molecule has 1 heterocycles. The van der Waals surface area contributed by atoms with E-state index >= 15 is 0 Å². The van der Waals surface area contributed by atoms with Crippen LogP contribution in [-0.4, -0.2) is 32.0 Å². The van der Waals surface area contributed by atoms with Crippen LogP contribution in [0.3, 0.4) is 0 Å². The molecule has 0 aliphatic heterocycles. The number of hydrogen-bond donors (Lipinski definition) is 1. The van der Waals surface area contributed by atoms with Gasteiger partial charge in [0.05, 0.1) is 23.3 Å². The molecule has 4 rings (SSSR count). The van der Waals surface area contributed by atoms with Gasteiger partial charge in [0, 0.05) is 48.8 Å². The summed E-state index contributed by atoms with van der Waals surface area (Å²) in [5.74, 6) is -0.0320. The first-order chi connectivity index (χ1) is 14.4. The van der Waals surface area contributed by atoms with Crippen molar-refractivity contribution in [3.05, 3.63) is 70.3 Å². The number of carbonyl (C=O) groups is 1. The van der Waals surface area contributed by atoms with Crippen LogP contribution in [-0.2, 0) is 0 Å². The van der Waals surface area contributed by atoms with Crippen molar-refractivity contribution in [3.63, 3.8) is 0 Å². The van der Waals surface area contributed by atoms with Crippen molar-refractivity contribution in [3.8, 4) is 5.75 Å². The van der Waals surface area contributed by atoms with E-state index in [-0.39, 0.29) is 11.3 Å². The fraction of sp³-hybridized carbons (Fsp3) is 0.136. The Balaban J connectivity index is 1.78. The molecule has 0 saturated heterocycles. The maximum atomic E-state index is 13.0. The summed E-state index contributed by atoms with van der Waals surface area (Å²) in [7, 11) is 5.04. The van der Waals surface area contributed by atoms with Crippen molar-refractivity contribution in [1.82, 2.24) is 0 Å². The molecule has 1 N–H and O–H groups in total. The van der Waals surface area contributed by atoms with E-state index in [0.29, 0.717) is 22.7 Å². The molecule has 0 saturated carbocycles. The molecule has 1 amide bonds. The summed E-state index contributed by atoms with van der Waals surface area (Å²) < 4.78 is 11.4. The third-order valence-electron chi connectivity index (χ3n) is 4.86. The van der Waals surface area contributed by atoms with Crippen LogP contribution in [0, 0.1) is 10.1 Å². The molecule has 0 spiro atoms. The zero-order valence-electron chi connectivity index (χ0n) is 16.6. The first kappa shape index (κ1) is 19.3. The second-order valence-electron chi connectivity index (χ2n) is 6.95. The van der Waals surface area contributed by atoms with Crippen molar-refractivity contribution >= 4 is 44.9 Å². The summed E-state index contributed by atoms with van der Waals surface area (Å²) in [5.41, 5.74) is 2.31. The second kappa shape index (κ2) is 7.40. The quantitative estimate of drug-likeness (QED) is 0.378.